The van der Waals surface area contributed by atoms with Crippen molar-refractivity contribution in [2.45, 2.75) is 17.9 Å². The summed E-state index contributed by atoms with van der Waals surface area (Å²) in [6.45, 7) is 1.94. The number of carbonyl (C=O) groups excluding carboxylic acids is 1. The van der Waals surface area contributed by atoms with Crippen molar-refractivity contribution in [3.05, 3.63) is 42.6 Å². The lowest BCUT2D eigenvalue weighted by atomic mass is 10.2. The summed E-state index contributed by atoms with van der Waals surface area (Å²) < 4.78 is 29.8. The molecule has 4 heterocycles. The molecule has 3 aromatic heterocycles. The zero-order valence-corrected chi connectivity index (χ0v) is 15.0. The Bertz CT molecular complexity index is 1080. The molecule has 0 aliphatic carbocycles. The minimum absolute atomic E-state index is 0.200. The Kier molecular flexibility index (Phi) is 3.91. The van der Waals surface area contributed by atoms with Gasteiger partial charge in [0, 0.05) is 38.2 Å². The van der Waals surface area contributed by atoms with Gasteiger partial charge in [-0.3, -0.25) is 4.79 Å². The molecule has 26 heavy (non-hydrogen) atoms. The van der Waals surface area contributed by atoms with Crippen LogP contribution in [0.5, 0.6) is 0 Å². The second-order valence-corrected chi connectivity index (χ2v) is 7.91. The van der Waals surface area contributed by atoms with E-state index in [9.17, 15) is 13.2 Å². The molecule has 10 heteroatoms. The maximum atomic E-state index is 12.6. The fraction of sp³-hybridized carbons (Fsp3) is 0.312. The van der Waals surface area contributed by atoms with Gasteiger partial charge in [0.1, 0.15) is 0 Å². The predicted molar refractivity (Wildman–Crippen MR) is 94.5 cm³/mol. The first kappa shape index (κ1) is 16.6. The first-order valence-corrected chi connectivity index (χ1v) is 9.70. The van der Waals surface area contributed by atoms with Crippen LogP contribution in [-0.2, 0) is 17.1 Å². The quantitative estimate of drug-likeness (QED) is 0.724. The highest BCUT2D eigenvalue weighted by Gasteiger charge is 2.23. The highest BCUT2D eigenvalue weighted by Crippen LogP contribution is 2.23. The largest absolute Gasteiger partial charge is 0.371 e. The summed E-state index contributed by atoms with van der Waals surface area (Å²) in [5, 5.41) is 3.93. The molecule has 1 N–H and O–H groups in total. The minimum Gasteiger partial charge on any atom is -0.371 e. The summed E-state index contributed by atoms with van der Waals surface area (Å²) in [6.07, 6.45) is 8.10. The van der Waals surface area contributed by atoms with Crippen LogP contribution in [0.4, 0.5) is 5.69 Å². The molecule has 1 fully saturated rings. The first-order chi connectivity index (χ1) is 12.4. The van der Waals surface area contributed by atoms with Crippen molar-refractivity contribution in [1.29, 1.82) is 0 Å². The molecule has 1 aliphatic rings. The van der Waals surface area contributed by atoms with Crippen molar-refractivity contribution in [1.82, 2.24) is 23.9 Å². The number of amides is 1. The molecule has 1 amide bonds. The van der Waals surface area contributed by atoms with Gasteiger partial charge in [0.05, 0.1) is 23.6 Å². The van der Waals surface area contributed by atoms with E-state index in [1.165, 1.54) is 23.3 Å². The number of imidazole rings is 1. The number of carbonyl (C=O) groups is 1. The van der Waals surface area contributed by atoms with E-state index in [2.05, 4.69) is 19.7 Å². The number of sulfonamides is 1. The average Bonchev–Trinajstić information content (AvgIpc) is 3.34. The van der Waals surface area contributed by atoms with Crippen molar-refractivity contribution >= 4 is 27.1 Å². The Hall–Kier alpha value is -2.88. The highest BCUT2D eigenvalue weighted by molar-refractivity contribution is 7.90. The standard InChI is InChI=1S/C16H18N6O3S/c1-20-10-15(17-11-20)26(24,25)19-16(23)13-9-18-22-7-4-12(8-14(13)22)21-5-2-3-6-21/h4,7-11H,2-3,5-6H2,1H3,(H,19,23). The molecule has 0 spiro atoms. The lowest BCUT2D eigenvalue weighted by Crippen LogP contribution is -2.30. The monoisotopic (exact) mass is 374 g/mol. The third-order valence-electron chi connectivity index (χ3n) is 4.40. The third kappa shape index (κ3) is 2.92. The van der Waals surface area contributed by atoms with Crippen molar-refractivity contribution in [2.24, 2.45) is 7.05 Å². The van der Waals surface area contributed by atoms with Crippen molar-refractivity contribution in [3.63, 3.8) is 0 Å². The third-order valence-corrected chi connectivity index (χ3v) is 5.62. The van der Waals surface area contributed by atoms with Crippen LogP contribution < -0.4 is 9.62 Å². The summed E-state index contributed by atoms with van der Waals surface area (Å²) >= 11 is 0. The van der Waals surface area contributed by atoms with E-state index < -0.39 is 15.9 Å². The Morgan fingerprint density at radius 1 is 1.27 bits per heavy atom. The molecule has 0 radical (unpaired) electrons. The van der Waals surface area contributed by atoms with E-state index in [1.54, 1.807) is 17.8 Å². The molecular weight excluding hydrogens is 356 g/mol. The Morgan fingerprint density at radius 2 is 2.04 bits per heavy atom. The van der Waals surface area contributed by atoms with Gasteiger partial charge in [-0.05, 0) is 25.0 Å². The molecule has 0 aromatic carbocycles. The van der Waals surface area contributed by atoms with Crippen LogP contribution in [0.3, 0.4) is 0 Å². The summed E-state index contributed by atoms with van der Waals surface area (Å²) in [5.41, 5.74) is 1.76. The topological polar surface area (TPSA) is 102 Å². The Labute approximate surface area is 150 Å². The van der Waals surface area contributed by atoms with E-state index in [1.807, 2.05) is 12.1 Å². The summed E-state index contributed by atoms with van der Waals surface area (Å²) in [6, 6.07) is 3.80. The molecule has 0 unspecified atom stereocenters. The number of aromatic nitrogens is 4. The zero-order chi connectivity index (χ0) is 18.3. The van der Waals surface area contributed by atoms with Gasteiger partial charge in [0.15, 0.2) is 5.03 Å². The number of rotatable bonds is 4. The normalized spacial score (nSPS) is 14.9. The number of hydrogen-bond donors (Lipinski definition) is 1. The smallest absolute Gasteiger partial charge is 0.283 e. The van der Waals surface area contributed by atoms with Crippen LogP contribution in [0.2, 0.25) is 0 Å². The average molecular weight is 374 g/mol. The van der Waals surface area contributed by atoms with E-state index in [0.717, 1.165) is 31.6 Å². The number of nitrogens with one attached hydrogen (secondary N) is 1. The molecule has 136 valence electrons. The number of hydrogen-bond acceptors (Lipinski definition) is 6. The van der Waals surface area contributed by atoms with E-state index in [0.29, 0.717) is 5.52 Å². The fourth-order valence-corrected chi connectivity index (χ4v) is 4.02. The van der Waals surface area contributed by atoms with Crippen LogP contribution in [-0.4, -0.2) is 46.6 Å². The molecule has 0 atom stereocenters. The molecule has 4 rings (SSSR count). The van der Waals surface area contributed by atoms with Crippen molar-refractivity contribution < 1.29 is 13.2 Å². The van der Waals surface area contributed by atoms with E-state index in [4.69, 9.17) is 0 Å². The van der Waals surface area contributed by atoms with E-state index in [-0.39, 0.29) is 10.6 Å². The maximum absolute atomic E-state index is 12.6. The summed E-state index contributed by atoms with van der Waals surface area (Å²) in [7, 11) is -2.39. The molecule has 3 aromatic rings. The number of nitrogens with zero attached hydrogens (tertiary/aromatic N) is 5. The zero-order valence-electron chi connectivity index (χ0n) is 14.2. The first-order valence-electron chi connectivity index (χ1n) is 8.21. The van der Waals surface area contributed by atoms with Gasteiger partial charge in [0.25, 0.3) is 15.9 Å². The molecule has 0 bridgehead atoms. The van der Waals surface area contributed by atoms with Gasteiger partial charge < -0.3 is 9.47 Å². The van der Waals surface area contributed by atoms with Crippen molar-refractivity contribution in [3.8, 4) is 0 Å². The lowest BCUT2D eigenvalue weighted by Gasteiger charge is -2.17. The highest BCUT2D eigenvalue weighted by atomic mass is 32.2. The lowest BCUT2D eigenvalue weighted by molar-refractivity contribution is 0.0983. The van der Waals surface area contributed by atoms with Gasteiger partial charge in [-0.15, -0.1) is 0 Å². The number of anilines is 1. The molecule has 1 aliphatic heterocycles. The second kappa shape index (κ2) is 6.13. The number of aryl methyl sites for hydroxylation is 1. The van der Waals surface area contributed by atoms with Gasteiger partial charge in [0.2, 0.25) is 0 Å². The second-order valence-electron chi connectivity index (χ2n) is 6.28. The number of fused-ring (bicyclic) bond motifs is 1. The fourth-order valence-electron chi connectivity index (χ4n) is 3.07. The molecular formula is C16H18N6O3S. The van der Waals surface area contributed by atoms with Gasteiger partial charge in [-0.2, -0.15) is 13.5 Å². The molecule has 0 saturated carbocycles. The van der Waals surface area contributed by atoms with Gasteiger partial charge in [-0.25, -0.2) is 14.2 Å². The molecule has 9 nitrogen and oxygen atoms in total. The minimum atomic E-state index is -4.04. The van der Waals surface area contributed by atoms with Gasteiger partial charge in [-0.1, -0.05) is 0 Å². The van der Waals surface area contributed by atoms with Crippen molar-refractivity contribution in [2.75, 3.05) is 18.0 Å². The van der Waals surface area contributed by atoms with Crippen LogP contribution in [0, 0.1) is 0 Å². The van der Waals surface area contributed by atoms with Crippen LogP contribution in [0.25, 0.3) is 5.52 Å². The van der Waals surface area contributed by atoms with Crippen LogP contribution >= 0.6 is 0 Å². The van der Waals surface area contributed by atoms with E-state index >= 15 is 0 Å². The number of pyridine rings is 1. The Balaban J connectivity index is 1.65. The summed E-state index contributed by atoms with van der Waals surface area (Å²) in [5.74, 6) is -0.732. The predicted octanol–water partition coefficient (Wildman–Crippen LogP) is 0.787. The Morgan fingerprint density at radius 3 is 2.73 bits per heavy atom. The SMILES string of the molecule is Cn1cnc(S(=O)(=O)NC(=O)c2cnn3ccc(N4CCCC4)cc23)c1. The van der Waals surface area contributed by atoms with Crippen LogP contribution in [0.1, 0.15) is 23.2 Å². The maximum Gasteiger partial charge on any atom is 0.283 e. The summed E-state index contributed by atoms with van der Waals surface area (Å²) in [4.78, 5) is 18.6. The van der Waals surface area contributed by atoms with Gasteiger partial charge >= 0.3 is 0 Å². The molecule has 1 saturated heterocycles. The van der Waals surface area contributed by atoms with Crippen LogP contribution in [0.15, 0.2) is 42.1 Å².